The summed E-state index contributed by atoms with van der Waals surface area (Å²) < 4.78 is 5.49. The van der Waals surface area contributed by atoms with Crippen molar-refractivity contribution in [2.75, 3.05) is 16.8 Å². The Morgan fingerprint density at radius 1 is 1.20 bits per heavy atom. The van der Waals surface area contributed by atoms with E-state index in [2.05, 4.69) is 33.8 Å². The first kappa shape index (κ1) is 16.0. The third-order valence-corrected chi connectivity index (χ3v) is 5.55. The molecule has 4 rings (SSSR count). The molecule has 2 aromatic heterocycles. The monoisotopic (exact) mass is 352 g/mol. The second-order valence-corrected chi connectivity index (χ2v) is 7.16. The number of aryl methyl sites for hydroxylation is 1. The number of fused-ring (bicyclic) bond motifs is 1. The van der Waals surface area contributed by atoms with Gasteiger partial charge in [0.1, 0.15) is 5.76 Å². The summed E-state index contributed by atoms with van der Waals surface area (Å²) in [4.78, 5) is 16.1. The molecule has 0 saturated heterocycles. The van der Waals surface area contributed by atoms with E-state index in [1.54, 1.807) is 6.07 Å². The number of thiophene rings is 1. The highest BCUT2D eigenvalue weighted by Crippen LogP contribution is 2.28. The smallest absolute Gasteiger partial charge is 0.291 e. The summed E-state index contributed by atoms with van der Waals surface area (Å²) in [6.45, 7) is 3.99. The Balaban J connectivity index is 1.43. The zero-order valence-corrected chi connectivity index (χ0v) is 14.9. The molecule has 0 unspecified atom stereocenters. The maximum Gasteiger partial charge on any atom is 0.291 e. The summed E-state index contributed by atoms with van der Waals surface area (Å²) in [7, 11) is 0. The number of hydrogen-bond donors (Lipinski definition) is 1. The number of benzene rings is 1. The van der Waals surface area contributed by atoms with Crippen molar-refractivity contribution < 1.29 is 9.21 Å². The fourth-order valence-corrected chi connectivity index (χ4v) is 4.00. The van der Waals surface area contributed by atoms with Crippen LogP contribution in [0, 0.1) is 0 Å². The minimum absolute atomic E-state index is 0.215. The van der Waals surface area contributed by atoms with Gasteiger partial charge < -0.3 is 14.6 Å². The van der Waals surface area contributed by atoms with Crippen molar-refractivity contribution in [2.45, 2.75) is 26.3 Å². The molecule has 0 radical (unpaired) electrons. The Bertz CT molecular complexity index is 879. The normalized spacial score (nSPS) is 13.6. The van der Waals surface area contributed by atoms with Crippen LogP contribution in [-0.4, -0.2) is 12.5 Å². The molecule has 1 aliphatic heterocycles. The van der Waals surface area contributed by atoms with E-state index in [0.717, 1.165) is 37.4 Å². The molecular weight excluding hydrogens is 332 g/mol. The van der Waals surface area contributed by atoms with Crippen LogP contribution in [0.25, 0.3) is 0 Å². The summed E-state index contributed by atoms with van der Waals surface area (Å²) in [5.74, 6) is 0.952. The number of carbonyl (C=O) groups is 1. The van der Waals surface area contributed by atoms with E-state index in [1.165, 1.54) is 16.1 Å². The highest BCUT2D eigenvalue weighted by molar-refractivity contribution is 7.10. The average Bonchev–Trinajstić information content (AvgIpc) is 3.31. The van der Waals surface area contributed by atoms with Crippen LogP contribution in [0.3, 0.4) is 0 Å². The van der Waals surface area contributed by atoms with Crippen LogP contribution in [0.2, 0.25) is 0 Å². The van der Waals surface area contributed by atoms with Gasteiger partial charge in [-0.15, -0.1) is 11.3 Å². The molecule has 0 saturated carbocycles. The molecule has 3 heterocycles. The molecular formula is C20H20N2O2S. The Morgan fingerprint density at radius 2 is 2.04 bits per heavy atom. The van der Waals surface area contributed by atoms with Crippen LogP contribution >= 0.6 is 11.3 Å². The van der Waals surface area contributed by atoms with Crippen molar-refractivity contribution in [1.29, 1.82) is 0 Å². The molecule has 1 amide bonds. The van der Waals surface area contributed by atoms with E-state index in [1.807, 2.05) is 36.5 Å². The first-order valence-electron chi connectivity index (χ1n) is 8.53. The van der Waals surface area contributed by atoms with Crippen LogP contribution in [0.1, 0.15) is 33.7 Å². The Morgan fingerprint density at radius 3 is 2.80 bits per heavy atom. The van der Waals surface area contributed by atoms with Gasteiger partial charge in [0.15, 0.2) is 5.76 Å². The van der Waals surface area contributed by atoms with Gasteiger partial charge in [-0.2, -0.15) is 0 Å². The number of nitrogens with one attached hydrogen (secondary N) is 1. The van der Waals surface area contributed by atoms with Crippen molar-refractivity contribution in [3.05, 3.63) is 69.8 Å². The van der Waals surface area contributed by atoms with E-state index in [0.29, 0.717) is 5.76 Å². The molecule has 1 aliphatic rings. The van der Waals surface area contributed by atoms with Gasteiger partial charge in [0, 0.05) is 35.8 Å². The van der Waals surface area contributed by atoms with Gasteiger partial charge in [0.25, 0.3) is 5.91 Å². The molecule has 0 spiro atoms. The minimum Gasteiger partial charge on any atom is -0.456 e. The first-order chi connectivity index (χ1) is 12.2. The fourth-order valence-electron chi connectivity index (χ4n) is 3.11. The lowest BCUT2D eigenvalue weighted by Crippen LogP contribution is -2.29. The number of carbonyl (C=O) groups excluding carboxylic acids is 1. The van der Waals surface area contributed by atoms with E-state index in [9.17, 15) is 4.79 Å². The van der Waals surface area contributed by atoms with E-state index < -0.39 is 0 Å². The van der Waals surface area contributed by atoms with Crippen molar-refractivity contribution in [3.63, 3.8) is 0 Å². The maximum absolute atomic E-state index is 12.2. The van der Waals surface area contributed by atoms with Crippen molar-refractivity contribution in [2.24, 2.45) is 0 Å². The van der Waals surface area contributed by atoms with Gasteiger partial charge in [-0.25, -0.2) is 0 Å². The second kappa shape index (κ2) is 6.76. The minimum atomic E-state index is -0.215. The predicted octanol–water partition coefficient (Wildman–Crippen LogP) is 4.72. The number of hydrogen-bond acceptors (Lipinski definition) is 4. The third kappa shape index (κ3) is 3.33. The molecule has 1 aromatic carbocycles. The molecule has 5 heteroatoms. The molecule has 1 N–H and O–H groups in total. The van der Waals surface area contributed by atoms with Crippen LogP contribution in [-0.2, 0) is 19.4 Å². The van der Waals surface area contributed by atoms with Crippen LogP contribution in [0.5, 0.6) is 0 Å². The second-order valence-electron chi connectivity index (χ2n) is 6.16. The van der Waals surface area contributed by atoms with Crippen molar-refractivity contribution >= 4 is 28.6 Å². The Labute approximate surface area is 151 Å². The fraction of sp³-hybridized carbons (Fsp3) is 0.250. The largest absolute Gasteiger partial charge is 0.456 e. The number of anilines is 2. The van der Waals surface area contributed by atoms with Crippen molar-refractivity contribution in [3.8, 4) is 0 Å². The molecule has 25 heavy (non-hydrogen) atoms. The highest BCUT2D eigenvalue weighted by Gasteiger charge is 2.17. The van der Waals surface area contributed by atoms with Gasteiger partial charge in [-0.05, 0) is 59.8 Å². The molecule has 4 nitrogen and oxygen atoms in total. The summed E-state index contributed by atoms with van der Waals surface area (Å²) in [5.41, 5.74) is 3.38. The zero-order chi connectivity index (χ0) is 17.2. The number of furan rings is 1. The molecule has 0 atom stereocenters. The maximum atomic E-state index is 12.2. The lowest BCUT2D eigenvalue weighted by Gasteiger charge is -2.29. The van der Waals surface area contributed by atoms with Gasteiger partial charge >= 0.3 is 0 Å². The molecule has 0 bridgehead atoms. The summed E-state index contributed by atoms with van der Waals surface area (Å²) in [5, 5.41) is 5.06. The predicted molar refractivity (Wildman–Crippen MR) is 102 cm³/mol. The Hall–Kier alpha value is -2.53. The number of amides is 1. The van der Waals surface area contributed by atoms with Gasteiger partial charge in [0.05, 0.1) is 0 Å². The molecule has 0 fully saturated rings. The summed E-state index contributed by atoms with van der Waals surface area (Å²) in [6.07, 6.45) is 1.88. The van der Waals surface area contributed by atoms with Gasteiger partial charge in [-0.3, -0.25) is 4.79 Å². The molecule has 3 aromatic rings. The van der Waals surface area contributed by atoms with Crippen LogP contribution in [0.15, 0.2) is 52.3 Å². The quantitative estimate of drug-likeness (QED) is 0.739. The topological polar surface area (TPSA) is 45.5 Å². The number of rotatable bonds is 4. The third-order valence-electron chi connectivity index (χ3n) is 4.53. The van der Waals surface area contributed by atoms with E-state index in [-0.39, 0.29) is 5.91 Å². The SMILES string of the molecule is CCc1ccc(C(=O)Nc2ccc(N3CCc4sccc4C3)cc2)o1. The zero-order valence-electron chi connectivity index (χ0n) is 14.1. The highest BCUT2D eigenvalue weighted by atomic mass is 32.1. The Kier molecular flexibility index (Phi) is 4.32. The van der Waals surface area contributed by atoms with Gasteiger partial charge in [0.2, 0.25) is 0 Å². The lowest BCUT2D eigenvalue weighted by molar-refractivity contribution is 0.0995. The average molecular weight is 352 g/mol. The first-order valence-corrected chi connectivity index (χ1v) is 9.41. The van der Waals surface area contributed by atoms with Crippen molar-refractivity contribution in [1.82, 2.24) is 0 Å². The van der Waals surface area contributed by atoms with Gasteiger partial charge in [-0.1, -0.05) is 6.92 Å². The summed E-state index contributed by atoms with van der Waals surface area (Å²) >= 11 is 1.85. The molecule has 0 aliphatic carbocycles. The standard InChI is InChI=1S/C20H20N2O2S/c1-2-17-7-8-18(24-17)20(23)21-15-3-5-16(6-4-15)22-11-9-19-14(13-22)10-12-25-19/h3-8,10,12H,2,9,11,13H2,1H3,(H,21,23). The van der Waals surface area contributed by atoms with E-state index in [4.69, 9.17) is 4.42 Å². The lowest BCUT2D eigenvalue weighted by atomic mass is 10.1. The van der Waals surface area contributed by atoms with E-state index >= 15 is 0 Å². The molecule has 128 valence electrons. The number of nitrogens with zero attached hydrogens (tertiary/aromatic N) is 1. The van der Waals surface area contributed by atoms with Crippen LogP contribution < -0.4 is 10.2 Å². The van der Waals surface area contributed by atoms with Crippen LogP contribution in [0.4, 0.5) is 11.4 Å². The summed E-state index contributed by atoms with van der Waals surface area (Å²) in [6, 6.07) is 13.8.